The second kappa shape index (κ2) is 14.5. The van der Waals surface area contributed by atoms with Gasteiger partial charge in [0.1, 0.15) is 11.9 Å². The maximum atomic E-state index is 13.8. The number of piperazine rings is 1. The van der Waals surface area contributed by atoms with Crippen molar-refractivity contribution in [1.82, 2.24) is 20.4 Å². The number of nitrogens with one attached hydrogen (secondary N) is 2. The summed E-state index contributed by atoms with van der Waals surface area (Å²) in [5, 5.41) is 6.28. The molecule has 39 heavy (non-hydrogen) atoms. The van der Waals surface area contributed by atoms with Gasteiger partial charge in [-0.1, -0.05) is 54.7 Å². The molecule has 3 rings (SSSR count). The van der Waals surface area contributed by atoms with Gasteiger partial charge in [0.25, 0.3) is 0 Å². The van der Waals surface area contributed by atoms with Gasteiger partial charge in [0.2, 0.25) is 11.8 Å². The Balaban J connectivity index is 1.81. The Bertz CT molecular complexity index is 1150. The smallest absolute Gasteiger partial charge is 0.407 e. The summed E-state index contributed by atoms with van der Waals surface area (Å²) < 4.78 is 18.2. The van der Waals surface area contributed by atoms with Gasteiger partial charge in [-0.2, -0.15) is 0 Å². The minimum absolute atomic E-state index is 0.127. The van der Waals surface area contributed by atoms with Crippen LogP contribution in [-0.2, 0) is 27.2 Å². The molecule has 3 unspecified atom stereocenters. The molecule has 0 spiro atoms. The van der Waals surface area contributed by atoms with Crippen LogP contribution in [0, 0.1) is 5.82 Å². The zero-order chi connectivity index (χ0) is 28.5. The van der Waals surface area contributed by atoms with Gasteiger partial charge in [0.15, 0.2) is 0 Å². The van der Waals surface area contributed by atoms with Gasteiger partial charge in [-0.15, -0.1) is 0 Å². The number of hydrogen-bond donors (Lipinski definition) is 2. The Hall–Kier alpha value is -2.88. The molecule has 3 amide bonds. The normalized spacial score (nSPS) is 17.3. The van der Waals surface area contributed by atoms with Crippen molar-refractivity contribution >= 4 is 41.1 Å². The topological polar surface area (TPSA) is 91.0 Å². The standard InChI is InChI=1S/C28H35Cl2FN4O4/c1-4-5-21-17-34(25(26(36)32-2)16-19-8-11-22(29)23(30)14-19)12-13-35(21)27(37)24(33-28(38)39-3)15-18-6-9-20(31)10-7-18/h6-11,14,21,24-25H,4-5,12-13,15-17H2,1-3H3,(H,32,36)(H,33,38). The van der Waals surface area contributed by atoms with Crippen molar-refractivity contribution in [2.45, 2.75) is 50.7 Å². The Morgan fingerprint density at radius 2 is 1.74 bits per heavy atom. The molecule has 0 bridgehead atoms. The van der Waals surface area contributed by atoms with E-state index in [2.05, 4.69) is 15.5 Å². The number of carbonyl (C=O) groups excluding carboxylic acids is 3. The van der Waals surface area contributed by atoms with Crippen molar-refractivity contribution in [2.75, 3.05) is 33.8 Å². The molecule has 1 heterocycles. The number of benzene rings is 2. The number of rotatable bonds is 10. The molecule has 0 radical (unpaired) electrons. The quantitative estimate of drug-likeness (QED) is 0.442. The number of carbonyl (C=O) groups is 3. The van der Waals surface area contributed by atoms with Crippen LogP contribution in [0.5, 0.6) is 0 Å². The summed E-state index contributed by atoms with van der Waals surface area (Å²) in [6, 6.07) is 9.63. The number of ether oxygens (including phenoxy) is 1. The number of hydrogen-bond acceptors (Lipinski definition) is 5. The highest BCUT2D eigenvalue weighted by Gasteiger charge is 2.38. The van der Waals surface area contributed by atoms with Crippen molar-refractivity contribution in [3.63, 3.8) is 0 Å². The summed E-state index contributed by atoms with van der Waals surface area (Å²) in [5.41, 5.74) is 1.59. The van der Waals surface area contributed by atoms with Gasteiger partial charge in [0, 0.05) is 39.1 Å². The first kappa shape index (κ1) is 30.7. The zero-order valence-electron chi connectivity index (χ0n) is 22.4. The second-order valence-corrected chi connectivity index (χ2v) is 10.4. The van der Waals surface area contributed by atoms with E-state index < -0.39 is 18.2 Å². The number of methoxy groups -OCH3 is 1. The predicted octanol–water partition coefficient (Wildman–Crippen LogP) is 4.07. The average molecular weight is 582 g/mol. The Morgan fingerprint density at radius 1 is 1.05 bits per heavy atom. The van der Waals surface area contributed by atoms with E-state index in [1.54, 1.807) is 36.2 Å². The van der Waals surface area contributed by atoms with Gasteiger partial charge in [0.05, 0.1) is 23.2 Å². The molecule has 2 N–H and O–H groups in total. The van der Waals surface area contributed by atoms with E-state index in [4.69, 9.17) is 27.9 Å². The molecule has 8 nitrogen and oxygen atoms in total. The number of alkyl carbamates (subject to hydrolysis) is 1. The van der Waals surface area contributed by atoms with Crippen molar-refractivity contribution in [2.24, 2.45) is 0 Å². The van der Waals surface area contributed by atoms with Crippen LogP contribution in [0.25, 0.3) is 0 Å². The third-order valence-electron chi connectivity index (χ3n) is 6.95. The highest BCUT2D eigenvalue weighted by molar-refractivity contribution is 6.42. The molecule has 0 saturated carbocycles. The lowest BCUT2D eigenvalue weighted by Crippen LogP contribution is -2.63. The minimum Gasteiger partial charge on any atom is -0.453 e. The van der Waals surface area contributed by atoms with Crippen LogP contribution in [0.15, 0.2) is 42.5 Å². The number of likely N-dealkylation sites (N-methyl/N-ethyl adjacent to an activating group) is 1. The van der Waals surface area contributed by atoms with Gasteiger partial charge >= 0.3 is 6.09 Å². The van der Waals surface area contributed by atoms with Gasteiger partial charge in [-0.3, -0.25) is 14.5 Å². The molecule has 212 valence electrons. The first-order valence-corrected chi connectivity index (χ1v) is 13.7. The maximum absolute atomic E-state index is 13.8. The fraction of sp³-hybridized carbons (Fsp3) is 0.464. The summed E-state index contributed by atoms with van der Waals surface area (Å²) in [4.78, 5) is 42.7. The lowest BCUT2D eigenvalue weighted by atomic mass is 9.98. The van der Waals surface area contributed by atoms with Crippen molar-refractivity contribution in [1.29, 1.82) is 0 Å². The molecule has 3 atom stereocenters. The van der Waals surface area contributed by atoms with Crippen molar-refractivity contribution < 1.29 is 23.5 Å². The van der Waals surface area contributed by atoms with E-state index in [1.807, 2.05) is 13.0 Å². The van der Waals surface area contributed by atoms with Crippen LogP contribution in [0.3, 0.4) is 0 Å². The Morgan fingerprint density at radius 3 is 2.36 bits per heavy atom. The Labute approximate surface area is 238 Å². The summed E-state index contributed by atoms with van der Waals surface area (Å²) in [5.74, 6) is -0.755. The molecular weight excluding hydrogens is 546 g/mol. The summed E-state index contributed by atoms with van der Waals surface area (Å²) in [6.45, 7) is 3.37. The van der Waals surface area contributed by atoms with E-state index in [9.17, 15) is 18.8 Å². The molecule has 0 aromatic heterocycles. The van der Waals surface area contributed by atoms with Crippen LogP contribution in [0.4, 0.5) is 9.18 Å². The highest BCUT2D eigenvalue weighted by atomic mass is 35.5. The highest BCUT2D eigenvalue weighted by Crippen LogP contribution is 2.25. The number of amides is 3. The molecular formula is C28H35Cl2FN4O4. The predicted molar refractivity (Wildman–Crippen MR) is 149 cm³/mol. The lowest BCUT2D eigenvalue weighted by Gasteiger charge is -2.45. The van der Waals surface area contributed by atoms with E-state index in [1.165, 1.54) is 19.2 Å². The summed E-state index contributed by atoms with van der Waals surface area (Å²) >= 11 is 12.3. The van der Waals surface area contributed by atoms with Gasteiger partial charge in [-0.25, -0.2) is 9.18 Å². The lowest BCUT2D eigenvalue weighted by molar-refractivity contribution is -0.140. The molecule has 1 fully saturated rings. The largest absolute Gasteiger partial charge is 0.453 e. The molecule has 11 heteroatoms. The number of nitrogens with zero attached hydrogens (tertiary/aromatic N) is 2. The van der Waals surface area contributed by atoms with E-state index >= 15 is 0 Å². The van der Waals surface area contributed by atoms with Crippen molar-refractivity contribution in [3.05, 3.63) is 69.5 Å². The van der Waals surface area contributed by atoms with Gasteiger partial charge < -0.3 is 20.3 Å². The molecule has 1 aliphatic heterocycles. The second-order valence-electron chi connectivity index (χ2n) is 9.57. The fourth-order valence-electron chi connectivity index (χ4n) is 4.93. The molecule has 0 aliphatic carbocycles. The third-order valence-corrected chi connectivity index (χ3v) is 7.69. The first-order chi connectivity index (χ1) is 18.7. The van der Waals surface area contributed by atoms with E-state index in [0.29, 0.717) is 41.7 Å². The molecule has 2 aromatic carbocycles. The zero-order valence-corrected chi connectivity index (χ0v) is 23.9. The molecule has 1 aliphatic rings. The van der Waals surface area contributed by atoms with Crippen LogP contribution < -0.4 is 10.6 Å². The van der Waals surface area contributed by atoms with Gasteiger partial charge in [-0.05, 0) is 48.2 Å². The van der Waals surface area contributed by atoms with E-state index in [0.717, 1.165) is 18.4 Å². The summed E-state index contributed by atoms with van der Waals surface area (Å²) in [7, 11) is 2.84. The first-order valence-electron chi connectivity index (χ1n) is 13.0. The minimum atomic E-state index is -0.889. The van der Waals surface area contributed by atoms with Crippen LogP contribution in [-0.4, -0.2) is 79.6 Å². The average Bonchev–Trinajstić information content (AvgIpc) is 2.93. The SMILES string of the molecule is CCCC1CN(C(Cc2ccc(Cl)c(Cl)c2)C(=O)NC)CCN1C(=O)C(Cc1ccc(F)cc1)NC(=O)OC. The van der Waals surface area contributed by atoms with Crippen LogP contribution in [0.2, 0.25) is 10.0 Å². The monoisotopic (exact) mass is 580 g/mol. The third kappa shape index (κ3) is 8.30. The summed E-state index contributed by atoms with van der Waals surface area (Å²) in [6.07, 6.45) is 1.44. The van der Waals surface area contributed by atoms with Crippen LogP contribution in [0.1, 0.15) is 30.9 Å². The van der Waals surface area contributed by atoms with Crippen LogP contribution >= 0.6 is 23.2 Å². The van der Waals surface area contributed by atoms with Crippen molar-refractivity contribution in [3.8, 4) is 0 Å². The fourth-order valence-corrected chi connectivity index (χ4v) is 5.26. The maximum Gasteiger partial charge on any atom is 0.407 e. The Kier molecular flexibility index (Phi) is 11.4. The molecule has 2 aromatic rings. The number of halogens is 3. The van der Waals surface area contributed by atoms with E-state index in [-0.39, 0.29) is 30.1 Å². The molecule has 1 saturated heterocycles.